The molecule has 4 aromatic rings. The molecule has 1 amide bonds. The van der Waals surface area contributed by atoms with Crippen LogP contribution in [-0.4, -0.2) is 46.0 Å². The van der Waals surface area contributed by atoms with Crippen LogP contribution in [0.1, 0.15) is 16.8 Å². The molecule has 0 aliphatic carbocycles. The zero-order chi connectivity index (χ0) is 21.3. The molecule has 6 heteroatoms. The monoisotopic (exact) mass is 412 g/mol. The van der Waals surface area contributed by atoms with Crippen molar-refractivity contribution in [1.29, 1.82) is 0 Å². The largest absolute Gasteiger partial charge is 0.387 e. The summed E-state index contributed by atoms with van der Waals surface area (Å²) >= 11 is 0. The maximum absolute atomic E-state index is 12.6. The standard InChI is InChI=1S/C25H24N4O2/c30-24(27-17-25(31)10-12-26-16-25)22-5-4-20-14-19(2-3-21(20)15-22)18-6-8-23(9-7-18)29-13-1-11-28-29/h1-9,11,13-15,26,31H,10,12,16-17H2,(H,27,30). The van der Waals surface area contributed by atoms with E-state index < -0.39 is 5.60 Å². The molecule has 31 heavy (non-hydrogen) atoms. The summed E-state index contributed by atoms with van der Waals surface area (Å²) in [6, 6.07) is 22.1. The highest BCUT2D eigenvalue weighted by molar-refractivity contribution is 5.99. The van der Waals surface area contributed by atoms with Gasteiger partial charge in [0, 0.05) is 31.0 Å². The molecule has 0 spiro atoms. The average Bonchev–Trinajstić information content (AvgIpc) is 3.50. The lowest BCUT2D eigenvalue weighted by Gasteiger charge is -2.21. The van der Waals surface area contributed by atoms with Crippen LogP contribution in [0.5, 0.6) is 0 Å². The van der Waals surface area contributed by atoms with Gasteiger partial charge in [-0.05, 0) is 71.3 Å². The van der Waals surface area contributed by atoms with E-state index in [-0.39, 0.29) is 12.5 Å². The highest BCUT2D eigenvalue weighted by atomic mass is 16.3. The summed E-state index contributed by atoms with van der Waals surface area (Å²) in [5, 5.41) is 22.7. The van der Waals surface area contributed by atoms with E-state index in [9.17, 15) is 9.90 Å². The van der Waals surface area contributed by atoms with Crippen molar-refractivity contribution in [3.63, 3.8) is 0 Å². The molecule has 1 unspecified atom stereocenters. The number of rotatable bonds is 5. The van der Waals surface area contributed by atoms with E-state index in [0.717, 1.165) is 34.1 Å². The van der Waals surface area contributed by atoms with Crippen LogP contribution in [0.2, 0.25) is 0 Å². The van der Waals surface area contributed by atoms with Gasteiger partial charge in [-0.15, -0.1) is 0 Å². The first-order valence-electron chi connectivity index (χ1n) is 10.5. The molecule has 2 heterocycles. The molecule has 0 radical (unpaired) electrons. The molecule has 1 aliphatic rings. The van der Waals surface area contributed by atoms with Gasteiger partial charge in [0.1, 0.15) is 0 Å². The fourth-order valence-corrected chi connectivity index (χ4v) is 4.02. The summed E-state index contributed by atoms with van der Waals surface area (Å²) in [4.78, 5) is 12.6. The van der Waals surface area contributed by atoms with Gasteiger partial charge in [-0.2, -0.15) is 5.10 Å². The Hall–Kier alpha value is -3.48. The Kier molecular flexibility index (Phi) is 5.02. The van der Waals surface area contributed by atoms with Gasteiger partial charge < -0.3 is 15.7 Å². The minimum Gasteiger partial charge on any atom is -0.387 e. The second kappa shape index (κ2) is 7.98. The third-order valence-corrected chi connectivity index (χ3v) is 5.87. The van der Waals surface area contributed by atoms with Crippen molar-refractivity contribution in [3.05, 3.63) is 84.7 Å². The number of hydrogen-bond acceptors (Lipinski definition) is 4. The molecule has 3 N–H and O–H groups in total. The predicted molar refractivity (Wildman–Crippen MR) is 121 cm³/mol. The normalized spacial score (nSPS) is 18.4. The van der Waals surface area contributed by atoms with Gasteiger partial charge in [-0.1, -0.05) is 30.3 Å². The van der Waals surface area contributed by atoms with Crippen molar-refractivity contribution in [1.82, 2.24) is 20.4 Å². The van der Waals surface area contributed by atoms with Crippen molar-refractivity contribution < 1.29 is 9.90 Å². The Morgan fingerprint density at radius 3 is 2.58 bits per heavy atom. The van der Waals surface area contributed by atoms with Crippen molar-refractivity contribution >= 4 is 16.7 Å². The van der Waals surface area contributed by atoms with Crippen LogP contribution in [0.4, 0.5) is 0 Å². The Balaban J connectivity index is 1.33. The molecule has 1 fully saturated rings. The van der Waals surface area contributed by atoms with Crippen molar-refractivity contribution in [2.45, 2.75) is 12.0 Å². The number of aromatic nitrogens is 2. The predicted octanol–water partition coefficient (Wildman–Crippen LogP) is 3.15. The van der Waals surface area contributed by atoms with E-state index in [1.807, 2.05) is 53.3 Å². The lowest BCUT2D eigenvalue weighted by molar-refractivity contribution is 0.0562. The van der Waals surface area contributed by atoms with E-state index in [0.29, 0.717) is 18.5 Å². The fraction of sp³-hybridized carbons (Fsp3) is 0.200. The Labute approximate surface area is 180 Å². The molecule has 1 atom stereocenters. The van der Waals surface area contributed by atoms with Gasteiger partial charge in [-0.3, -0.25) is 4.79 Å². The maximum atomic E-state index is 12.6. The van der Waals surface area contributed by atoms with Gasteiger partial charge in [-0.25, -0.2) is 4.68 Å². The Morgan fingerprint density at radius 1 is 1.06 bits per heavy atom. The molecular weight excluding hydrogens is 388 g/mol. The molecule has 0 saturated carbocycles. The van der Waals surface area contributed by atoms with E-state index in [4.69, 9.17) is 0 Å². The van der Waals surface area contributed by atoms with Crippen molar-refractivity contribution in [2.75, 3.05) is 19.6 Å². The van der Waals surface area contributed by atoms with Gasteiger partial charge in [0.25, 0.3) is 5.91 Å². The summed E-state index contributed by atoms with van der Waals surface area (Å²) in [6.07, 6.45) is 4.33. The second-order valence-corrected chi connectivity index (χ2v) is 8.11. The van der Waals surface area contributed by atoms with E-state index in [1.54, 1.807) is 6.20 Å². The first kappa shape index (κ1) is 19.5. The van der Waals surface area contributed by atoms with E-state index in [2.05, 4.69) is 40.0 Å². The summed E-state index contributed by atoms with van der Waals surface area (Å²) in [7, 11) is 0. The van der Waals surface area contributed by atoms with Crippen molar-refractivity contribution in [2.24, 2.45) is 0 Å². The van der Waals surface area contributed by atoms with Gasteiger partial charge in [0.2, 0.25) is 0 Å². The van der Waals surface area contributed by atoms with Crippen molar-refractivity contribution in [3.8, 4) is 16.8 Å². The highest BCUT2D eigenvalue weighted by Gasteiger charge is 2.31. The van der Waals surface area contributed by atoms with Crippen LogP contribution in [0, 0.1) is 0 Å². The van der Waals surface area contributed by atoms with Crippen LogP contribution in [0.25, 0.3) is 27.6 Å². The molecule has 156 valence electrons. The number of amides is 1. The number of hydrogen-bond donors (Lipinski definition) is 3. The van der Waals surface area contributed by atoms with Crippen LogP contribution in [-0.2, 0) is 0 Å². The van der Waals surface area contributed by atoms with E-state index >= 15 is 0 Å². The van der Waals surface area contributed by atoms with Gasteiger partial charge in [0.15, 0.2) is 0 Å². The minimum absolute atomic E-state index is 0.166. The van der Waals surface area contributed by atoms with E-state index in [1.165, 1.54) is 0 Å². The summed E-state index contributed by atoms with van der Waals surface area (Å²) in [5.74, 6) is -0.166. The van der Waals surface area contributed by atoms with Gasteiger partial charge in [0.05, 0.1) is 11.3 Å². The number of nitrogens with zero attached hydrogens (tertiary/aromatic N) is 2. The summed E-state index contributed by atoms with van der Waals surface area (Å²) in [6.45, 7) is 1.54. The quantitative estimate of drug-likeness (QED) is 0.471. The smallest absolute Gasteiger partial charge is 0.251 e. The molecule has 1 saturated heterocycles. The summed E-state index contributed by atoms with van der Waals surface area (Å²) < 4.78 is 1.83. The number of nitrogens with one attached hydrogen (secondary N) is 2. The average molecular weight is 412 g/mol. The molecule has 5 rings (SSSR count). The number of β-amino-alcohol motifs (C(OH)–C–C–N with tert-alkyl or cyclic N) is 1. The zero-order valence-electron chi connectivity index (χ0n) is 17.1. The van der Waals surface area contributed by atoms with Crippen LogP contribution < -0.4 is 10.6 Å². The third-order valence-electron chi connectivity index (χ3n) is 5.87. The van der Waals surface area contributed by atoms with Gasteiger partial charge >= 0.3 is 0 Å². The van der Waals surface area contributed by atoms with Crippen LogP contribution in [0.15, 0.2) is 79.1 Å². The topological polar surface area (TPSA) is 79.2 Å². The number of benzene rings is 3. The SMILES string of the molecule is O=C(NCC1(O)CCNC1)c1ccc2cc(-c3ccc(-n4cccn4)cc3)ccc2c1. The number of carbonyl (C=O) groups excluding carboxylic acids is 1. The third kappa shape index (κ3) is 4.08. The molecule has 1 aromatic heterocycles. The molecule has 0 bridgehead atoms. The van der Waals surface area contributed by atoms with Crippen LogP contribution >= 0.6 is 0 Å². The Bertz CT molecular complexity index is 1210. The molecule has 1 aliphatic heterocycles. The maximum Gasteiger partial charge on any atom is 0.251 e. The Morgan fingerprint density at radius 2 is 1.84 bits per heavy atom. The zero-order valence-corrected chi connectivity index (χ0v) is 17.1. The number of aliphatic hydroxyl groups is 1. The first-order valence-corrected chi connectivity index (χ1v) is 10.5. The molecular formula is C25H24N4O2. The van der Waals surface area contributed by atoms with Crippen LogP contribution in [0.3, 0.4) is 0 Å². The minimum atomic E-state index is -0.853. The molecule has 3 aromatic carbocycles. The number of carbonyl (C=O) groups is 1. The second-order valence-electron chi connectivity index (χ2n) is 8.11. The highest BCUT2D eigenvalue weighted by Crippen LogP contribution is 2.26. The molecule has 6 nitrogen and oxygen atoms in total. The lowest BCUT2D eigenvalue weighted by Crippen LogP contribution is -2.44. The lowest BCUT2D eigenvalue weighted by atomic mass is 9.99. The first-order chi connectivity index (χ1) is 15.1. The number of fused-ring (bicyclic) bond motifs is 1. The summed E-state index contributed by atoms with van der Waals surface area (Å²) in [5.41, 5.74) is 3.00. The fourth-order valence-electron chi connectivity index (χ4n) is 4.02.